The van der Waals surface area contributed by atoms with E-state index in [9.17, 15) is 19.2 Å². The van der Waals surface area contributed by atoms with Gasteiger partial charge in [-0.3, -0.25) is 0 Å². The maximum absolute atomic E-state index is 13.6. The fourth-order valence-electron chi connectivity index (χ4n) is 6.15. The van der Waals surface area contributed by atoms with E-state index in [0.717, 1.165) is 23.3 Å². The summed E-state index contributed by atoms with van der Waals surface area (Å²) in [6, 6.07) is 14.9. The van der Waals surface area contributed by atoms with Crippen molar-refractivity contribution >= 4 is 35.5 Å². The van der Waals surface area contributed by atoms with Crippen molar-refractivity contribution in [2.75, 3.05) is 32.8 Å². The lowest BCUT2D eigenvalue weighted by Crippen LogP contribution is -2.55. The Morgan fingerprint density at radius 3 is 2.33 bits per heavy atom. The number of carbonyl (C=O) groups is 4. The predicted octanol–water partition coefficient (Wildman–Crippen LogP) is 2.73. The van der Waals surface area contributed by atoms with E-state index >= 15 is 0 Å². The number of hydrogen-bond donors (Lipinski definition) is 0. The number of nitrogens with zero attached hydrogens (tertiary/aromatic N) is 3. The lowest BCUT2D eigenvalue weighted by molar-refractivity contribution is -0.144. The van der Waals surface area contributed by atoms with Gasteiger partial charge in [-0.15, -0.1) is 12.3 Å². The van der Waals surface area contributed by atoms with Crippen molar-refractivity contribution in [1.82, 2.24) is 4.90 Å². The number of esters is 3. The van der Waals surface area contributed by atoms with Crippen LogP contribution in [0.2, 0.25) is 0 Å². The Kier molecular flexibility index (Phi) is 7.72. The van der Waals surface area contributed by atoms with Gasteiger partial charge >= 0.3 is 24.0 Å². The molecule has 0 aromatic heterocycles. The van der Waals surface area contributed by atoms with E-state index in [-0.39, 0.29) is 36.6 Å². The van der Waals surface area contributed by atoms with Crippen molar-refractivity contribution in [2.24, 2.45) is 4.99 Å². The van der Waals surface area contributed by atoms with Crippen LogP contribution in [0.4, 0.5) is 10.5 Å². The lowest BCUT2D eigenvalue weighted by Gasteiger charge is -2.40. The summed E-state index contributed by atoms with van der Waals surface area (Å²) in [5, 5.41) is 0. The van der Waals surface area contributed by atoms with Gasteiger partial charge in [0.25, 0.3) is 0 Å². The molecule has 2 aromatic carbocycles. The summed E-state index contributed by atoms with van der Waals surface area (Å²) in [5.41, 5.74) is 0.728. The summed E-state index contributed by atoms with van der Waals surface area (Å²) in [6.45, 7) is 0.218. The van der Waals surface area contributed by atoms with E-state index in [4.69, 9.17) is 25.4 Å². The molecule has 0 radical (unpaired) electrons. The molecule has 3 aliphatic heterocycles. The van der Waals surface area contributed by atoms with Gasteiger partial charge in [-0.2, -0.15) is 0 Å². The zero-order chi connectivity index (χ0) is 30.0. The third-order valence-corrected chi connectivity index (χ3v) is 7.79. The minimum absolute atomic E-state index is 0.00926. The Balaban J connectivity index is 1.81. The molecular formula is C31H29N3O8. The number of ether oxygens (including phenoxy) is 4. The van der Waals surface area contributed by atoms with Crippen molar-refractivity contribution in [3.8, 4) is 12.3 Å². The Hall–Kier alpha value is -5.11. The molecule has 0 aliphatic carbocycles. The largest absolute Gasteiger partial charge is 0.467 e. The zero-order valence-electron chi connectivity index (χ0n) is 23.4. The minimum atomic E-state index is -1.25. The van der Waals surface area contributed by atoms with Crippen LogP contribution in [0.1, 0.15) is 24.0 Å². The number of methoxy groups -OCH3 is 3. The Labute approximate surface area is 242 Å². The molecule has 2 aromatic rings. The van der Waals surface area contributed by atoms with E-state index in [1.165, 1.54) is 14.2 Å². The fraction of sp³-hybridized carbons (Fsp3) is 0.323. The van der Waals surface area contributed by atoms with Gasteiger partial charge in [0, 0.05) is 18.7 Å². The highest BCUT2D eigenvalue weighted by atomic mass is 16.6. The number of para-hydroxylation sites is 1. The van der Waals surface area contributed by atoms with Crippen LogP contribution in [0.25, 0.3) is 0 Å². The summed E-state index contributed by atoms with van der Waals surface area (Å²) >= 11 is 0. The summed E-state index contributed by atoms with van der Waals surface area (Å²) in [6.07, 6.45) is 4.59. The van der Waals surface area contributed by atoms with Gasteiger partial charge in [-0.1, -0.05) is 48.5 Å². The second-order valence-electron chi connectivity index (χ2n) is 9.87. The quantitative estimate of drug-likeness (QED) is 0.214. The van der Waals surface area contributed by atoms with Crippen LogP contribution in [0.3, 0.4) is 0 Å². The first kappa shape index (κ1) is 28.4. The third kappa shape index (κ3) is 4.36. The van der Waals surface area contributed by atoms with Gasteiger partial charge in [0.15, 0.2) is 5.70 Å². The van der Waals surface area contributed by atoms with Gasteiger partial charge in [0.2, 0.25) is 0 Å². The predicted molar refractivity (Wildman–Crippen MR) is 150 cm³/mol. The molecule has 11 heteroatoms. The number of amides is 1. The molecule has 3 aliphatic rings. The van der Waals surface area contributed by atoms with Crippen molar-refractivity contribution in [2.45, 2.75) is 36.9 Å². The fourth-order valence-corrected chi connectivity index (χ4v) is 6.15. The van der Waals surface area contributed by atoms with Crippen molar-refractivity contribution in [1.29, 1.82) is 0 Å². The molecule has 1 fully saturated rings. The van der Waals surface area contributed by atoms with Gasteiger partial charge in [0.05, 0.1) is 38.4 Å². The second-order valence-corrected chi connectivity index (χ2v) is 9.87. The van der Waals surface area contributed by atoms with Crippen LogP contribution in [-0.2, 0) is 45.3 Å². The summed E-state index contributed by atoms with van der Waals surface area (Å²) < 4.78 is 20.8. The van der Waals surface area contributed by atoms with E-state index in [2.05, 4.69) is 10.9 Å². The molecule has 1 amide bonds. The number of rotatable bonds is 7. The molecule has 216 valence electrons. The number of anilines is 1. The smallest absolute Gasteiger partial charge is 0.416 e. The highest BCUT2D eigenvalue weighted by Gasteiger charge is 2.68. The number of carbonyl (C=O) groups excluding carboxylic acids is 4. The van der Waals surface area contributed by atoms with Crippen LogP contribution < -0.4 is 4.90 Å². The third-order valence-electron chi connectivity index (χ3n) is 7.79. The molecule has 0 N–H and O–H groups in total. The zero-order valence-corrected chi connectivity index (χ0v) is 23.4. The molecule has 5 rings (SSSR count). The van der Waals surface area contributed by atoms with Crippen LogP contribution >= 0.6 is 0 Å². The molecular weight excluding hydrogens is 542 g/mol. The Morgan fingerprint density at radius 1 is 0.976 bits per heavy atom. The van der Waals surface area contributed by atoms with Crippen LogP contribution in [0, 0.1) is 12.3 Å². The van der Waals surface area contributed by atoms with Crippen LogP contribution in [0.5, 0.6) is 0 Å². The number of benzene rings is 2. The molecule has 11 nitrogen and oxygen atoms in total. The monoisotopic (exact) mass is 571 g/mol. The van der Waals surface area contributed by atoms with Crippen molar-refractivity contribution < 1.29 is 38.1 Å². The number of fused-ring (bicyclic) bond motifs is 1. The first-order valence-electron chi connectivity index (χ1n) is 13.2. The molecule has 42 heavy (non-hydrogen) atoms. The minimum Gasteiger partial charge on any atom is -0.467 e. The van der Waals surface area contributed by atoms with E-state index in [1.54, 1.807) is 0 Å². The van der Waals surface area contributed by atoms with Crippen molar-refractivity contribution in [3.05, 3.63) is 77.0 Å². The molecule has 0 bridgehead atoms. The maximum Gasteiger partial charge on any atom is 0.416 e. The maximum atomic E-state index is 13.6. The Bertz CT molecular complexity index is 1540. The number of likely N-dealkylation sites (tertiary alicyclic amines) is 1. The summed E-state index contributed by atoms with van der Waals surface area (Å²) in [4.78, 5) is 61.3. The molecule has 1 spiro atoms. The Morgan fingerprint density at radius 2 is 1.67 bits per heavy atom. The molecule has 1 saturated heterocycles. The SMILES string of the molecule is C#CCCOC(=O)N1C2=NC(C(=O)OC)=C(C(=O)OC)C3N(Cc4ccccc4)c4ccccc4[C@]23CC1C(=O)OC. The lowest BCUT2D eigenvalue weighted by atomic mass is 9.69. The number of amidine groups is 1. The second kappa shape index (κ2) is 11.4. The number of terminal acetylenes is 1. The van der Waals surface area contributed by atoms with Crippen LogP contribution in [-0.4, -0.2) is 74.8 Å². The molecule has 3 heterocycles. The van der Waals surface area contributed by atoms with E-state index in [1.807, 2.05) is 59.5 Å². The first-order valence-corrected chi connectivity index (χ1v) is 13.2. The topological polar surface area (TPSA) is 124 Å². The summed E-state index contributed by atoms with van der Waals surface area (Å²) in [5.74, 6) is 0.0458. The van der Waals surface area contributed by atoms with Gasteiger partial charge in [0.1, 0.15) is 18.5 Å². The first-order chi connectivity index (χ1) is 20.3. The van der Waals surface area contributed by atoms with Gasteiger partial charge in [-0.25, -0.2) is 29.1 Å². The van der Waals surface area contributed by atoms with E-state index in [0.29, 0.717) is 12.1 Å². The van der Waals surface area contributed by atoms with Gasteiger partial charge in [-0.05, 0) is 23.6 Å². The number of hydrogen-bond acceptors (Lipinski definition) is 10. The van der Waals surface area contributed by atoms with E-state index < -0.39 is 41.5 Å². The standard InChI is InChI=1S/C31H29N3O8/c1-5-6-16-42-30(38)34-22(26(35)39-2)17-31-20-14-10-11-15-21(20)33(18-19-12-8-7-9-13-19)25(31)23(27(36)40-3)24(28(37)41-4)32-29(31)34/h1,7-15,22,25H,6,16-18H2,2-4H3/t22?,25?,31-/m0/s1. The number of aliphatic imine (C=N–C) groups is 1. The average molecular weight is 572 g/mol. The normalized spacial score (nSPS) is 21.8. The van der Waals surface area contributed by atoms with Gasteiger partial charge < -0.3 is 23.8 Å². The molecule has 2 unspecified atom stereocenters. The summed E-state index contributed by atoms with van der Waals surface area (Å²) in [7, 11) is 3.58. The highest BCUT2D eigenvalue weighted by molar-refractivity contribution is 6.16. The molecule has 0 saturated carbocycles. The van der Waals surface area contributed by atoms with Crippen molar-refractivity contribution in [3.63, 3.8) is 0 Å². The average Bonchev–Trinajstić information content (AvgIpc) is 3.51. The molecule has 3 atom stereocenters. The van der Waals surface area contributed by atoms with Crippen LogP contribution in [0.15, 0.2) is 70.9 Å². The highest BCUT2D eigenvalue weighted by Crippen LogP contribution is 2.58.